The topological polar surface area (TPSA) is 51.2 Å². The molecule has 0 bridgehead atoms. The van der Waals surface area contributed by atoms with Gasteiger partial charge in [0.05, 0.1) is 11.7 Å². The molecule has 0 saturated carbocycles. The highest BCUT2D eigenvalue weighted by Crippen LogP contribution is 2.20. The van der Waals surface area contributed by atoms with Gasteiger partial charge in [-0.1, -0.05) is 50.2 Å². The summed E-state index contributed by atoms with van der Waals surface area (Å²) in [6, 6.07) is 15.3. The fourth-order valence-corrected chi connectivity index (χ4v) is 2.34. The van der Waals surface area contributed by atoms with Crippen LogP contribution in [0.3, 0.4) is 0 Å². The van der Waals surface area contributed by atoms with Crippen molar-refractivity contribution in [1.82, 2.24) is 10.3 Å². The summed E-state index contributed by atoms with van der Waals surface area (Å²) < 4.78 is 5.65. The van der Waals surface area contributed by atoms with Crippen LogP contribution in [0.4, 0.5) is 0 Å². The Kier molecular flexibility index (Phi) is 6.94. The van der Waals surface area contributed by atoms with Crippen molar-refractivity contribution in [2.75, 3.05) is 6.61 Å². The molecule has 1 N–H and O–H groups in total. The van der Waals surface area contributed by atoms with Crippen molar-refractivity contribution in [2.45, 2.75) is 39.3 Å². The summed E-state index contributed by atoms with van der Waals surface area (Å²) in [6.45, 7) is 6.66. The van der Waals surface area contributed by atoms with Crippen LogP contribution in [0.2, 0.25) is 0 Å². The van der Waals surface area contributed by atoms with Crippen LogP contribution >= 0.6 is 0 Å². The number of rotatable bonds is 8. The molecule has 2 rings (SSSR count). The number of nitrogens with zero attached hydrogens (tertiary/aromatic N) is 1. The van der Waals surface area contributed by atoms with Gasteiger partial charge in [0.25, 0.3) is 0 Å². The molecule has 24 heavy (non-hydrogen) atoms. The van der Waals surface area contributed by atoms with Crippen LogP contribution < -0.4 is 5.32 Å². The van der Waals surface area contributed by atoms with Crippen molar-refractivity contribution in [1.29, 1.82) is 0 Å². The summed E-state index contributed by atoms with van der Waals surface area (Å²) in [4.78, 5) is 16.9. The second kappa shape index (κ2) is 9.18. The Morgan fingerprint density at radius 3 is 2.42 bits per heavy atom. The predicted octanol–water partition coefficient (Wildman–Crippen LogP) is 3.74. The first-order valence-corrected chi connectivity index (χ1v) is 8.45. The Balaban J connectivity index is 2.07. The number of ether oxygens (including phenoxy) is 1. The van der Waals surface area contributed by atoms with Crippen LogP contribution in [-0.2, 0) is 9.53 Å². The van der Waals surface area contributed by atoms with Crippen LogP contribution in [0.25, 0.3) is 0 Å². The minimum absolute atomic E-state index is 0.127. The lowest BCUT2D eigenvalue weighted by Crippen LogP contribution is -2.38. The van der Waals surface area contributed by atoms with E-state index in [9.17, 15) is 4.79 Å². The van der Waals surface area contributed by atoms with Gasteiger partial charge in [-0.15, -0.1) is 0 Å². The van der Waals surface area contributed by atoms with Gasteiger partial charge in [-0.3, -0.25) is 9.78 Å². The van der Waals surface area contributed by atoms with E-state index in [1.54, 1.807) is 13.1 Å². The largest absolute Gasteiger partial charge is 0.369 e. The lowest BCUT2D eigenvalue weighted by Gasteiger charge is -2.21. The SMILES string of the molecule is CC(C)CCOC(C)C(=O)NC(c1ccccc1)c1ccccn1. The van der Waals surface area contributed by atoms with E-state index in [-0.39, 0.29) is 11.9 Å². The van der Waals surface area contributed by atoms with Crippen molar-refractivity contribution in [2.24, 2.45) is 5.92 Å². The van der Waals surface area contributed by atoms with Crippen LogP contribution in [0.1, 0.15) is 44.5 Å². The molecule has 4 heteroatoms. The summed E-state index contributed by atoms with van der Waals surface area (Å²) >= 11 is 0. The third kappa shape index (κ3) is 5.46. The fraction of sp³-hybridized carbons (Fsp3) is 0.400. The highest BCUT2D eigenvalue weighted by atomic mass is 16.5. The zero-order valence-corrected chi connectivity index (χ0v) is 14.6. The molecule has 0 aliphatic heterocycles. The van der Waals surface area contributed by atoms with Gasteiger partial charge in [0, 0.05) is 12.8 Å². The molecule has 0 saturated heterocycles. The molecule has 1 aromatic heterocycles. The Morgan fingerprint density at radius 2 is 1.79 bits per heavy atom. The molecule has 0 radical (unpaired) electrons. The van der Waals surface area contributed by atoms with Gasteiger partial charge >= 0.3 is 0 Å². The van der Waals surface area contributed by atoms with Gasteiger partial charge in [0.2, 0.25) is 5.91 Å². The van der Waals surface area contributed by atoms with E-state index in [1.807, 2.05) is 48.5 Å². The molecular weight excluding hydrogens is 300 g/mol. The first-order valence-electron chi connectivity index (χ1n) is 8.45. The monoisotopic (exact) mass is 326 g/mol. The molecule has 2 unspecified atom stereocenters. The first kappa shape index (κ1) is 18.1. The second-order valence-electron chi connectivity index (χ2n) is 6.30. The molecule has 128 valence electrons. The van der Waals surface area contributed by atoms with E-state index < -0.39 is 6.10 Å². The number of carbonyl (C=O) groups is 1. The van der Waals surface area contributed by atoms with E-state index in [2.05, 4.69) is 24.1 Å². The molecule has 0 spiro atoms. The maximum Gasteiger partial charge on any atom is 0.249 e. The highest BCUT2D eigenvalue weighted by molar-refractivity contribution is 5.81. The number of aromatic nitrogens is 1. The molecule has 1 aromatic carbocycles. The average molecular weight is 326 g/mol. The zero-order chi connectivity index (χ0) is 17.4. The second-order valence-corrected chi connectivity index (χ2v) is 6.30. The molecule has 1 amide bonds. The Morgan fingerprint density at radius 1 is 1.08 bits per heavy atom. The van der Waals surface area contributed by atoms with Crippen LogP contribution in [0.5, 0.6) is 0 Å². The maximum absolute atomic E-state index is 12.5. The summed E-state index contributed by atoms with van der Waals surface area (Å²) in [5, 5.41) is 3.06. The minimum Gasteiger partial charge on any atom is -0.369 e. The smallest absolute Gasteiger partial charge is 0.249 e. The van der Waals surface area contributed by atoms with E-state index in [0.29, 0.717) is 12.5 Å². The number of benzene rings is 1. The normalized spacial score (nSPS) is 13.5. The maximum atomic E-state index is 12.5. The molecule has 0 aliphatic carbocycles. The quantitative estimate of drug-likeness (QED) is 0.804. The lowest BCUT2D eigenvalue weighted by molar-refractivity contribution is -0.132. The summed E-state index contributed by atoms with van der Waals surface area (Å²) in [5.41, 5.74) is 1.81. The van der Waals surface area contributed by atoms with Crippen molar-refractivity contribution < 1.29 is 9.53 Å². The molecular formula is C20H26N2O2. The number of pyridine rings is 1. The van der Waals surface area contributed by atoms with Crippen molar-refractivity contribution >= 4 is 5.91 Å². The average Bonchev–Trinajstić information content (AvgIpc) is 2.60. The first-order chi connectivity index (χ1) is 11.6. The Hall–Kier alpha value is -2.20. The van der Waals surface area contributed by atoms with Gasteiger partial charge in [0.15, 0.2) is 0 Å². The summed E-state index contributed by atoms with van der Waals surface area (Å²) in [5.74, 6) is 0.434. The predicted molar refractivity (Wildman–Crippen MR) is 95.5 cm³/mol. The van der Waals surface area contributed by atoms with E-state index >= 15 is 0 Å². The Labute approximate surface area is 144 Å². The van der Waals surface area contributed by atoms with Gasteiger partial charge in [0.1, 0.15) is 6.10 Å². The lowest BCUT2D eigenvalue weighted by atomic mass is 10.0. The van der Waals surface area contributed by atoms with Crippen molar-refractivity contribution in [3.8, 4) is 0 Å². The number of amides is 1. The Bertz CT molecular complexity index is 575. The molecule has 0 fully saturated rings. The van der Waals surface area contributed by atoms with Crippen molar-refractivity contribution in [3.63, 3.8) is 0 Å². The van der Waals surface area contributed by atoms with Gasteiger partial charge in [-0.25, -0.2) is 0 Å². The number of carbonyl (C=O) groups excluding carboxylic acids is 1. The molecule has 2 aromatic rings. The molecule has 1 heterocycles. The minimum atomic E-state index is -0.487. The molecule has 4 nitrogen and oxygen atoms in total. The number of hydrogen-bond acceptors (Lipinski definition) is 3. The molecule has 0 aliphatic rings. The van der Waals surface area contributed by atoms with Gasteiger partial charge in [-0.2, -0.15) is 0 Å². The van der Waals surface area contributed by atoms with Gasteiger partial charge in [-0.05, 0) is 37.0 Å². The van der Waals surface area contributed by atoms with Crippen LogP contribution in [-0.4, -0.2) is 23.6 Å². The van der Waals surface area contributed by atoms with Crippen LogP contribution in [0, 0.1) is 5.92 Å². The molecule has 2 atom stereocenters. The standard InChI is InChI=1S/C20H26N2O2/c1-15(2)12-14-24-16(3)20(23)22-19(17-9-5-4-6-10-17)18-11-7-8-13-21-18/h4-11,13,15-16,19H,12,14H2,1-3H3,(H,22,23). The number of nitrogens with one attached hydrogen (secondary N) is 1. The fourth-order valence-electron chi connectivity index (χ4n) is 2.34. The van der Waals surface area contributed by atoms with Crippen LogP contribution in [0.15, 0.2) is 54.7 Å². The third-order valence-electron chi connectivity index (χ3n) is 3.84. The number of hydrogen-bond donors (Lipinski definition) is 1. The highest BCUT2D eigenvalue weighted by Gasteiger charge is 2.21. The zero-order valence-electron chi connectivity index (χ0n) is 14.6. The van der Waals surface area contributed by atoms with Gasteiger partial charge < -0.3 is 10.1 Å². The van der Waals surface area contributed by atoms with E-state index in [4.69, 9.17) is 4.74 Å². The van der Waals surface area contributed by atoms with Crippen molar-refractivity contribution in [3.05, 3.63) is 66.0 Å². The summed E-state index contributed by atoms with van der Waals surface area (Å²) in [7, 11) is 0. The third-order valence-corrected chi connectivity index (χ3v) is 3.84. The van der Waals surface area contributed by atoms with E-state index in [1.165, 1.54) is 0 Å². The summed E-state index contributed by atoms with van der Waals surface area (Å²) in [6.07, 6.45) is 2.19. The van der Waals surface area contributed by atoms with E-state index in [0.717, 1.165) is 17.7 Å².